The van der Waals surface area contributed by atoms with Crippen molar-refractivity contribution in [3.8, 4) is 0 Å². The maximum Gasteiger partial charge on any atom is 0.270 e. The van der Waals surface area contributed by atoms with Crippen LogP contribution >= 0.6 is 0 Å². The van der Waals surface area contributed by atoms with E-state index in [0.29, 0.717) is 57.4 Å². The number of carbonyl (C=O) groups excluding carboxylic acids is 1. The molecule has 2 aromatic carbocycles. The van der Waals surface area contributed by atoms with Crippen LogP contribution in [0, 0.1) is 20.2 Å². The van der Waals surface area contributed by atoms with Gasteiger partial charge in [0.2, 0.25) is 0 Å². The molecule has 0 saturated heterocycles. The van der Waals surface area contributed by atoms with Crippen molar-refractivity contribution < 1.29 is 23.5 Å². The van der Waals surface area contributed by atoms with Crippen molar-refractivity contribution in [2.45, 2.75) is 65.2 Å². The number of carbonyl (C=O) groups is 1. The van der Waals surface area contributed by atoms with Gasteiger partial charge in [-0.1, -0.05) is 26.7 Å². The third kappa shape index (κ3) is 5.15. The number of Topliss-reactive ketones (excluding diaryl/α,β-unsaturated/α-hetero) is 1. The zero-order valence-electron chi connectivity index (χ0n) is 20.4. The third-order valence-corrected chi connectivity index (χ3v) is 6.40. The number of fused-ring (bicyclic) bond motifs is 2. The first-order valence-corrected chi connectivity index (χ1v) is 12.2. The topological polar surface area (TPSA) is 130 Å². The van der Waals surface area contributed by atoms with E-state index in [4.69, 9.17) is 8.83 Å². The van der Waals surface area contributed by atoms with Crippen LogP contribution < -0.4 is 0 Å². The van der Waals surface area contributed by atoms with Crippen molar-refractivity contribution in [1.29, 1.82) is 0 Å². The average Bonchev–Trinajstić information content (AvgIpc) is 3.37. The Morgan fingerprint density at radius 1 is 0.750 bits per heavy atom. The van der Waals surface area contributed by atoms with Crippen molar-refractivity contribution >= 4 is 39.1 Å². The summed E-state index contributed by atoms with van der Waals surface area (Å²) in [6, 6.07) is 8.85. The fourth-order valence-electron chi connectivity index (χ4n) is 4.52. The van der Waals surface area contributed by atoms with Gasteiger partial charge in [0.15, 0.2) is 0 Å². The van der Waals surface area contributed by atoms with Gasteiger partial charge in [-0.2, -0.15) is 0 Å². The summed E-state index contributed by atoms with van der Waals surface area (Å²) >= 11 is 0. The van der Waals surface area contributed by atoms with E-state index in [1.165, 1.54) is 24.3 Å². The number of nitrogens with zero attached hydrogens (tertiary/aromatic N) is 2. The van der Waals surface area contributed by atoms with Gasteiger partial charge in [0, 0.05) is 71.8 Å². The number of nitro benzene ring substituents is 2. The highest BCUT2D eigenvalue weighted by atomic mass is 16.6. The Morgan fingerprint density at radius 3 is 1.53 bits per heavy atom. The van der Waals surface area contributed by atoms with Crippen molar-refractivity contribution in [1.82, 2.24) is 0 Å². The number of non-ortho nitro benzene ring substituents is 2. The molecule has 9 nitrogen and oxygen atoms in total. The molecular formula is C27H28N2O7. The first-order valence-electron chi connectivity index (χ1n) is 12.2. The molecule has 2 aromatic heterocycles. The molecule has 0 fully saturated rings. The van der Waals surface area contributed by atoms with Gasteiger partial charge in [-0.25, -0.2) is 0 Å². The molecule has 0 unspecified atom stereocenters. The summed E-state index contributed by atoms with van der Waals surface area (Å²) in [7, 11) is 0. The van der Waals surface area contributed by atoms with Crippen LogP contribution in [0.15, 0.2) is 45.2 Å². The molecule has 0 saturated carbocycles. The van der Waals surface area contributed by atoms with Crippen molar-refractivity contribution in [2.75, 3.05) is 0 Å². The van der Waals surface area contributed by atoms with Crippen molar-refractivity contribution in [3.05, 3.63) is 79.3 Å². The maximum absolute atomic E-state index is 13.4. The number of benzene rings is 2. The highest BCUT2D eigenvalue weighted by molar-refractivity contribution is 5.94. The number of hydrogen-bond acceptors (Lipinski definition) is 7. The predicted molar refractivity (Wildman–Crippen MR) is 135 cm³/mol. The molecule has 0 radical (unpaired) electrons. The highest BCUT2D eigenvalue weighted by Crippen LogP contribution is 2.33. The lowest BCUT2D eigenvalue weighted by Gasteiger charge is -2.05. The molecule has 0 amide bonds. The first kappa shape index (κ1) is 25.1. The van der Waals surface area contributed by atoms with Gasteiger partial charge >= 0.3 is 0 Å². The molecule has 0 atom stereocenters. The van der Waals surface area contributed by atoms with Gasteiger partial charge in [-0.15, -0.1) is 0 Å². The Labute approximate surface area is 207 Å². The van der Waals surface area contributed by atoms with Gasteiger partial charge in [-0.05, 0) is 25.0 Å². The van der Waals surface area contributed by atoms with Gasteiger partial charge in [-0.3, -0.25) is 25.0 Å². The summed E-state index contributed by atoms with van der Waals surface area (Å²) in [4.78, 5) is 35.2. The number of rotatable bonds is 12. The molecule has 0 aliphatic heterocycles. The van der Waals surface area contributed by atoms with Crippen LogP contribution in [-0.2, 0) is 30.5 Å². The number of unbranched alkanes of at least 4 members (excludes halogenated alkanes) is 2. The van der Waals surface area contributed by atoms with Crippen LogP contribution in [-0.4, -0.2) is 15.6 Å². The second kappa shape index (κ2) is 10.7. The van der Waals surface area contributed by atoms with Crippen LogP contribution in [0.25, 0.3) is 21.9 Å². The van der Waals surface area contributed by atoms with Crippen LogP contribution in [0.1, 0.15) is 62.2 Å². The molecule has 188 valence electrons. The van der Waals surface area contributed by atoms with E-state index < -0.39 is 9.85 Å². The van der Waals surface area contributed by atoms with Crippen molar-refractivity contribution in [2.24, 2.45) is 0 Å². The van der Waals surface area contributed by atoms with Crippen molar-refractivity contribution in [3.63, 3.8) is 0 Å². The largest absolute Gasteiger partial charge is 0.461 e. The third-order valence-electron chi connectivity index (χ3n) is 6.40. The molecule has 0 aliphatic carbocycles. The van der Waals surface area contributed by atoms with Gasteiger partial charge < -0.3 is 8.83 Å². The van der Waals surface area contributed by atoms with Crippen LogP contribution in [0.5, 0.6) is 0 Å². The number of aryl methyl sites for hydroxylation is 2. The molecule has 2 heterocycles. The van der Waals surface area contributed by atoms with E-state index in [2.05, 4.69) is 13.8 Å². The Hall–Kier alpha value is -4.01. The molecule has 36 heavy (non-hydrogen) atoms. The minimum atomic E-state index is -0.464. The molecule has 0 N–H and O–H groups in total. The Balaban J connectivity index is 1.71. The van der Waals surface area contributed by atoms with Gasteiger partial charge in [0.05, 0.1) is 9.85 Å². The minimum absolute atomic E-state index is 0.0437. The van der Waals surface area contributed by atoms with E-state index in [0.717, 1.165) is 25.7 Å². The lowest BCUT2D eigenvalue weighted by molar-refractivity contribution is -0.384. The van der Waals surface area contributed by atoms with Crippen LogP contribution in [0.4, 0.5) is 11.4 Å². The molecule has 9 heteroatoms. The van der Waals surface area contributed by atoms with Gasteiger partial charge in [0.25, 0.3) is 11.4 Å². The monoisotopic (exact) mass is 492 g/mol. The summed E-state index contributed by atoms with van der Waals surface area (Å²) < 4.78 is 12.0. The van der Waals surface area contributed by atoms with E-state index >= 15 is 0 Å². The van der Waals surface area contributed by atoms with E-state index in [1.54, 1.807) is 12.1 Å². The molecule has 4 aromatic rings. The molecule has 0 aliphatic rings. The second-order valence-electron chi connectivity index (χ2n) is 8.98. The van der Waals surface area contributed by atoms with Crippen LogP contribution in [0.2, 0.25) is 0 Å². The average molecular weight is 493 g/mol. The summed E-state index contributed by atoms with van der Waals surface area (Å²) in [5.74, 6) is 1.22. The zero-order chi connectivity index (χ0) is 25.8. The standard InChI is InChI=1S/C27H28N2O7/c1-3-5-7-24-22(20-13-17(28(31)32)9-11-26(20)35-24)15-19(30)16-23-21-14-18(29(33)34)10-12-27(21)36-25(23)8-6-4-2/h9-14H,3-8,15-16H2,1-2H3. The number of furan rings is 2. The number of ketones is 1. The Morgan fingerprint density at radius 2 is 1.17 bits per heavy atom. The van der Waals surface area contributed by atoms with Gasteiger partial charge in [0.1, 0.15) is 28.5 Å². The first-order chi connectivity index (χ1) is 17.3. The summed E-state index contributed by atoms with van der Waals surface area (Å²) in [6.07, 6.45) is 4.94. The molecule has 0 spiro atoms. The summed E-state index contributed by atoms with van der Waals surface area (Å²) in [5, 5.41) is 23.8. The quantitative estimate of drug-likeness (QED) is 0.153. The second-order valence-corrected chi connectivity index (χ2v) is 8.98. The zero-order valence-corrected chi connectivity index (χ0v) is 20.4. The van der Waals surface area contributed by atoms with E-state index in [-0.39, 0.29) is 30.0 Å². The summed E-state index contributed by atoms with van der Waals surface area (Å²) in [5.41, 5.74) is 2.25. The van der Waals surface area contributed by atoms with E-state index in [1.807, 2.05) is 0 Å². The normalized spacial score (nSPS) is 11.4. The molecule has 4 rings (SSSR count). The summed E-state index contributed by atoms with van der Waals surface area (Å²) in [6.45, 7) is 4.11. The minimum Gasteiger partial charge on any atom is -0.461 e. The lowest BCUT2D eigenvalue weighted by atomic mass is 9.96. The Kier molecular flexibility index (Phi) is 7.47. The number of hydrogen-bond donors (Lipinski definition) is 0. The fraction of sp³-hybridized carbons (Fsp3) is 0.370. The highest BCUT2D eigenvalue weighted by Gasteiger charge is 2.23. The Bertz CT molecular complexity index is 1340. The fourth-order valence-corrected chi connectivity index (χ4v) is 4.52. The molecular weight excluding hydrogens is 464 g/mol. The SMILES string of the molecule is CCCCc1oc2ccc([N+](=O)[O-])cc2c1CC(=O)Cc1c(CCCC)oc2ccc([N+](=O)[O-])cc12. The predicted octanol–water partition coefficient (Wildman–Crippen LogP) is 7.03. The van der Waals surface area contributed by atoms with Crippen LogP contribution in [0.3, 0.4) is 0 Å². The number of nitro groups is 2. The maximum atomic E-state index is 13.4. The smallest absolute Gasteiger partial charge is 0.270 e. The lowest BCUT2D eigenvalue weighted by Crippen LogP contribution is -2.09. The van der Waals surface area contributed by atoms with E-state index in [9.17, 15) is 25.0 Å². The molecule has 0 bridgehead atoms.